The molecule has 146 valence electrons. The molecule has 0 bridgehead atoms. The second-order valence-electron chi connectivity index (χ2n) is 7.24. The highest BCUT2D eigenvalue weighted by Crippen LogP contribution is 2.19. The van der Waals surface area contributed by atoms with Gasteiger partial charge in [0.2, 0.25) is 0 Å². The average molecular weight is 363 g/mol. The van der Waals surface area contributed by atoms with Gasteiger partial charge in [-0.15, -0.1) is 0 Å². The molecule has 0 atom stereocenters. The minimum Gasteiger partial charge on any atom is -0.374 e. The molecule has 0 aromatic carbocycles. The first-order chi connectivity index (χ1) is 11.4. The lowest BCUT2D eigenvalue weighted by molar-refractivity contribution is -0.890. The summed E-state index contributed by atoms with van der Waals surface area (Å²) in [6.07, 6.45) is 9.32. The fraction of sp³-hybridized carbons (Fsp3) is 1.00. The van der Waals surface area contributed by atoms with Crippen LogP contribution in [0.2, 0.25) is 6.04 Å². The van der Waals surface area contributed by atoms with Crippen LogP contribution in [0.25, 0.3) is 0 Å². The van der Waals surface area contributed by atoms with Crippen molar-refractivity contribution in [2.45, 2.75) is 78.7 Å². The van der Waals surface area contributed by atoms with Crippen LogP contribution >= 0.6 is 0 Å². The molecule has 5 heteroatoms. The van der Waals surface area contributed by atoms with Crippen LogP contribution in [0.3, 0.4) is 0 Å². The summed E-state index contributed by atoms with van der Waals surface area (Å²) < 4.78 is 18.9. The van der Waals surface area contributed by atoms with Crippen molar-refractivity contribution in [2.75, 3.05) is 47.0 Å². The number of hydrogen-bond donors (Lipinski definition) is 0. The molecule has 24 heavy (non-hydrogen) atoms. The zero-order valence-corrected chi connectivity index (χ0v) is 18.4. The van der Waals surface area contributed by atoms with E-state index >= 15 is 0 Å². The Balaban J connectivity index is 4.16. The summed E-state index contributed by atoms with van der Waals surface area (Å²) in [7, 11) is 2.23. The van der Waals surface area contributed by atoms with Gasteiger partial charge in [-0.2, -0.15) is 0 Å². The van der Waals surface area contributed by atoms with Crippen molar-refractivity contribution in [1.29, 1.82) is 0 Å². The van der Waals surface area contributed by atoms with Crippen LogP contribution in [0.4, 0.5) is 0 Å². The van der Waals surface area contributed by atoms with E-state index in [9.17, 15) is 0 Å². The summed E-state index contributed by atoms with van der Waals surface area (Å²) in [5.41, 5.74) is 0. The third kappa shape index (κ3) is 11.6. The van der Waals surface area contributed by atoms with Gasteiger partial charge < -0.3 is 17.8 Å². The van der Waals surface area contributed by atoms with E-state index in [1.54, 1.807) is 0 Å². The Kier molecular flexibility index (Phi) is 14.3. The monoisotopic (exact) mass is 362 g/mol. The third-order valence-electron chi connectivity index (χ3n) is 4.46. The highest BCUT2D eigenvalue weighted by Gasteiger charge is 2.40. The van der Waals surface area contributed by atoms with E-state index in [1.165, 1.54) is 45.1 Å². The van der Waals surface area contributed by atoms with Gasteiger partial charge in [-0.1, -0.05) is 32.6 Å². The minimum atomic E-state index is -2.46. The smallest absolute Gasteiger partial charge is 0.374 e. The van der Waals surface area contributed by atoms with Crippen LogP contribution in [-0.2, 0) is 13.3 Å². The molecule has 0 aromatic rings. The molecular weight excluding hydrogens is 318 g/mol. The number of rotatable bonds is 17. The standard InChI is InChI=1S/C19H44NO3Si/c1-7-11-12-13-14-15-17-20(5,6)18-16-19-24(21-8-2,22-9-3)23-10-4/h7-19H2,1-6H3/q+1. The predicted octanol–water partition coefficient (Wildman–Crippen LogP) is 4.86. The van der Waals surface area contributed by atoms with Crippen LogP contribution < -0.4 is 0 Å². The molecule has 0 heterocycles. The van der Waals surface area contributed by atoms with Gasteiger partial charge >= 0.3 is 8.80 Å². The van der Waals surface area contributed by atoms with E-state index < -0.39 is 8.80 Å². The van der Waals surface area contributed by atoms with Gasteiger partial charge in [0.15, 0.2) is 0 Å². The van der Waals surface area contributed by atoms with Crippen molar-refractivity contribution in [3.05, 3.63) is 0 Å². The molecule has 0 aliphatic carbocycles. The maximum atomic E-state index is 5.95. The van der Waals surface area contributed by atoms with E-state index in [2.05, 4.69) is 21.0 Å². The van der Waals surface area contributed by atoms with Gasteiger partial charge in [0.25, 0.3) is 0 Å². The zero-order valence-electron chi connectivity index (χ0n) is 17.4. The molecule has 0 N–H and O–H groups in total. The normalized spacial score (nSPS) is 12.8. The number of unbranched alkanes of at least 4 members (excludes halogenated alkanes) is 5. The first-order valence-electron chi connectivity index (χ1n) is 10.2. The molecule has 0 unspecified atom stereocenters. The summed E-state index contributed by atoms with van der Waals surface area (Å²) in [5, 5.41) is 0. The fourth-order valence-electron chi connectivity index (χ4n) is 3.16. The molecule has 0 spiro atoms. The summed E-state index contributed by atoms with van der Waals surface area (Å²) in [4.78, 5) is 0. The first kappa shape index (κ1) is 24.1. The van der Waals surface area contributed by atoms with Crippen molar-refractivity contribution in [2.24, 2.45) is 0 Å². The second kappa shape index (κ2) is 14.2. The van der Waals surface area contributed by atoms with Crippen LogP contribution in [-0.4, -0.2) is 60.3 Å². The SMILES string of the molecule is CCCCCCCC[N+](C)(C)CCC[Si](OCC)(OCC)OCC. The van der Waals surface area contributed by atoms with E-state index in [0.717, 1.165) is 23.5 Å². The van der Waals surface area contributed by atoms with E-state index in [0.29, 0.717) is 19.8 Å². The quantitative estimate of drug-likeness (QED) is 0.210. The van der Waals surface area contributed by atoms with Gasteiger partial charge in [-0.05, 0) is 33.6 Å². The molecule has 4 nitrogen and oxygen atoms in total. The van der Waals surface area contributed by atoms with Crippen molar-refractivity contribution in [3.8, 4) is 0 Å². The predicted molar refractivity (Wildman–Crippen MR) is 105 cm³/mol. The van der Waals surface area contributed by atoms with Crippen molar-refractivity contribution in [3.63, 3.8) is 0 Å². The molecule has 0 saturated heterocycles. The molecular formula is C19H44NO3Si+. The number of nitrogens with zero attached hydrogens (tertiary/aromatic N) is 1. The molecule has 0 amide bonds. The molecule has 0 rings (SSSR count). The Morgan fingerprint density at radius 3 is 1.58 bits per heavy atom. The average Bonchev–Trinajstić information content (AvgIpc) is 2.51. The van der Waals surface area contributed by atoms with Crippen molar-refractivity contribution >= 4 is 8.80 Å². The van der Waals surface area contributed by atoms with E-state index in [1.807, 2.05) is 20.8 Å². The van der Waals surface area contributed by atoms with Gasteiger partial charge in [-0.3, -0.25) is 0 Å². The lowest BCUT2D eigenvalue weighted by atomic mass is 10.1. The Morgan fingerprint density at radius 2 is 1.08 bits per heavy atom. The van der Waals surface area contributed by atoms with Crippen molar-refractivity contribution in [1.82, 2.24) is 0 Å². The highest BCUT2D eigenvalue weighted by atomic mass is 28.4. The van der Waals surface area contributed by atoms with Crippen molar-refractivity contribution < 1.29 is 17.8 Å². The minimum absolute atomic E-state index is 0.669. The maximum absolute atomic E-state index is 5.95. The lowest BCUT2D eigenvalue weighted by Crippen LogP contribution is -2.48. The molecule has 0 fully saturated rings. The molecule has 0 aliphatic rings. The van der Waals surface area contributed by atoms with Crippen LogP contribution in [0.15, 0.2) is 0 Å². The number of hydrogen-bond acceptors (Lipinski definition) is 3. The molecule has 0 saturated carbocycles. The summed E-state index contributed by atoms with van der Waals surface area (Å²) in [5.74, 6) is 0. The maximum Gasteiger partial charge on any atom is 0.501 e. The third-order valence-corrected chi connectivity index (χ3v) is 7.61. The Hall–Kier alpha value is 0.0569. The van der Waals surface area contributed by atoms with Crippen LogP contribution in [0.1, 0.15) is 72.6 Å². The topological polar surface area (TPSA) is 27.7 Å². The Bertz CT molecular complexity index is 271. The largest absolute Gasteiger partial charge is 0.501 e. The van der Waals surface area contributed by atoms with Gasteiger partial charge in [0.05, 0.1) is 27.2 Å². The highest BCUT2D eigenvalue weighted by molar-refractivity contribution is 6.60. The first-order valence-corrected chi connectivity index (χ1v) is 12.1. The molecule has 0 aliphatic heterocycles. The second-order valence-corrected chi connectivity index (χ2v) is 9.97. The van der Waals surface area contributed by atoms with Crippen LogP contribution in [0.5, 0.6) is 0 Å². The summed E-state index contributed by atoms with van der Waals surface area (Å²) in [6, 6.07) is 0.931. The van der Waals surface area contributed by atoms with Gasteiger partial charge in [0, 0.05) is 32.3 Å². The molecule has 0 radical (unpaired) electrons. The Morgan fingerprint density at radius 1 is 0.625 bits per heavy atom. The summed E-state index contributed by atoms with van der Waals surface area (Å²) >= 11 is 0. The molecule has 0 aromatic heterocycles. The van der Waals surface area contributed by atoms with Gasteiger partial charge in [0.1, 0.15) is 0 Å². The van der Waals surface area contributed by atoms with E-state index in [-0.39, 0.29) is 0 Å². The zero-order chi connectivity index (χ0) is 18.3. The van der Waals surface area contributed by atoms with Crippen LogP contribution in [0, 0.1) is 0 Å². The lowest BCUT2D eigenvalue weighted by Gasteiger charge is -2.32. The van der Waals surface area contributed by atoms with Gasteiger partial charge in [-0.25, -0.2) is 0 Å². The Labute approximate surface area is 152 Å². The summed E-state index contributed by atoms with van der Waals surface area (Å²) in [6.45, 7) is 12.8. The fourth-order valence-corrected chi connectivity index (χ4v) is 5.75. The number of quaternary nitrogens is 1. The van der Waals surface area contributed by atoms with E-state index in [4.69, 9.17) is 13.3 Å².